The molecule has 31 heavy (non-hydrogen) atoms. The first-order valence-corrected chi connectivity index (χ1v) is 14.0. The van der Waals surface area contributed by atoms with Crippen LogP contribution in [0.5, 0.6) is 0 Å². The van der Waals surface area contributed by atoms with Gasteiger partial charge in [0.05, 0.1) is 5.57 Å². The second-order valence-corrected chi connectivity index (χ2v) is 12.3. The Hall–Kier alpha value is -2.13. The number of fused-ring (bicyclic) bond motifs is 1. The molecule has 0 unspecified atom stereocenters. The van der Waals surface area contributed by atoms with Crippen molar-refractivity contribution in [2.45, 2.75) is 59.3 Å². The van der Waals surface area contributed by atoms with E-state index in [-0.39, 0.29) is 11.8 Å². The van der Waals surface area contributed by atoms with E-state index in [0.29, 0.717) is 11.3 Å². The molecule has 1 aromatic carbocycles. The van der Waals surface area contributed by atoms with Crippen molar-refractivity contribution < 1.29 is 9.59 Å². The number of aromatic nitrogens is 1. The van der Waals surface area contributed by atoms with Crippen molar-refractivity contribution in [3.05, 3.63) is 41.7 Å². The molecule has 0 atom stereocenters. The number of unbranched alkanes of at least 4 members (excludes halogenated alkanes) is 3. The van der Waals surface area contributed by atoms with Gasteiger partial charge in [0.15, 0.2) is 0 Å². The highest BCUT2D eigenvalue weighted by Crippen LogP contribution is 2.54. The molecule has 0 bridgehead atoms. The molecule has 2 heterocycles. The van der Waals surface area contributed by atoms with E-state index in [9.17, 15) is 9.59 Å². The number of nitrogens with zero attached hydrogens (tertiary/aromatic N) is 2. The molecule has 5 nitrogen and oxygen atoms in total. The van der Waals surface area contributed by atoms with Crippen LogP contribution < -0.4 is 0 Å². The van der Waals surface area contributed by atoms with Gasteiger partial charge in [0.1, 0.15) is 5.70 Å². The molecule has 0 radical (unpaired) electrons. The summed E-state index contributed by atoms with van der Waals surface area (Å²) >= 11 is 0. The van der Waals surface area contributed by atoms with E-state index < -0.39 is 7.05 Å². The Morgan fingerprint density at radius 3 is 2.06 bits per heavy atom. The highest BCUT2D eigenvalue weighted by molar-refractivity contribution is 7.66. The lowest BCUT2D eigenvalue weighted by Gasteiger charge is -2.25. The molecule has 6 heteroatoms. The number of imide groups is 1. The molecule has 0 fully saturated rings. The van der Waals surface area contributed by atoms with Crippen LogP contribution in [0.15, 0.2) is 40.9 Å². The van der Waals surface area contributed by atoms with Crippen LogP contribution in [0.2, 0.25) is 0 Å². The van der Waals surface area contributed by atoms with Crippen molar-refractivity contribution in [3.8, 4) is 0 Å². The third kappa shape index (κ3) is 4.87. The number of aromatic amines is 1. The van der Waals surface area contributed by atoms with Crippen LogP contribution in [-0.4, -0.2) is 47.2 Å². The number of rotatable bonds is 11. The fraction of sp³-hybridized carbons (Fsp3) is 0.520. The molecule has 0 saturated carbocycles. The molecule has 168 valence electrons. The molecule has 1 aromatic heterocycles. The molecular formula is C25H36N3O2P. The summed E-state index contributed by atoms with van der Waals surface area (Å²) < 4.78 is 5.31. The van der Waals surface area contributed by atoms with Gasteiger partial charge in [-0.05, 0) is 50.9 Å². The van der Waals surface area contributed by atoms with Gasteiger partial charge in [-0.1, -0.05) is 58.2 Å². The summed E-state index contributed by atoms with van der Waals surface area (Å²) in [5.41, 5.74) is 2.62. The second kappa shape index (κ2) is 10.5. The van der Waals surface area contributed by atoms with Gasteiger partial charge in [0, 0.05) is 29.7 Å². The Kier molecular flexibility index (Phi) is 7.94. The van der Waals surface area contributed by atoms with Crippen molar-refractivity contribution in [1.82, 2.24) is 9.88 Å². The lowest BCUT2D eigenvalue weighted by atomic mass is 10.0. The van der Waals surface area contributed by atoms with Crippen LogP contribution >= 0.6 is 7.05 Å². The minimum atomic E-state index is -1.73. The van der Waals surface area contributed by atoms with Gasteiger partial charge in [0.2, 0.25) is 0 Å². The standard InChI is InChI=1S/C25H36N3O2P/c1-5-8-15-31(16-9-6-2,17-10-7-3)27-23-22(24(29)28(4)25(23)30)20-18-26-21-14-12-11-13-19(20)21/h11-14,18,26H,5-10,15-17H2,1-4H3. The van der Waals surface area contributed by atoms with Crippen molar-refractivity contribution in [2.75, 3.05) is 25.5 Å². The topological polar surface area (TPSA) is 65.5 Å². The highest BCUT2D eigenvalue weighted by atomic mass is 31.2. The molecule has 0 saturated heterocycles. The summed E-state index contributed by atoms with van der Waals surface area (Å²) in [4.78, 5) is 30.9. The maximum absolute atomic E-state index is 13.2. The Morgan fingerprint density at radius 1 is 0.903 bits per heavy atom. The third-order valence-electron chi connectivity index (χ3n) is 6.22. The van der Waals surface area contributed by atoms with Crippen molar-refractivity contribution >= 4 is 35.3 Å². The zero-order valence-electron chi connectivity index (χ0n) is 19.4. The average Bonchev–Trinajstić information content (AvgIpc) is 3.29. The Balaban J connectivity index is 2.23. The van der Waals surface area contributed by atoms with Crippen LogP contribution in [0, 0.1) is 0 Å². The monoisotopic (exact) mass is 441 g/mol. The fourth-order valence-electron chi connectivity index (χ4n) is 4.30. The lowest BCUT2D eigenvalue weighted by Crippen LogP contribution is -2.26. The Morgan fingerprint density at radius 2 is 1.48 bits per heavy atom. The van der Waals surface area contributed by atoms with Crippen molar-refractivity contribution in [2.24, 2.45) is 4.74 Å². The lowest BCUT2D eigenvalue weighted by molar-refractivity contribution is -0.135. The number of hydrogen-bond acceptors (Lipinski definition) is 3. The zero-order chi connectivity index (χ0) is 22.4. The number of carbonyl (C=O) groups excluding carboxylic acids is 2. The van der Waals surface area contributed by atoms with Gasteiger partial charge in [-0.3, -0.25) is 19.2 Å². The predicted molar refractivity (Wildman–Crippen MR) is 132 cm³/mol. The smallest absolute Gasteiger partial charge is 0.279 e. The third-order valence-corrected chi connectivity index (χ3v) is 10.3. The SMILES string of the molecule is CCCCP(CCCC)(CCCC)=NC1=C(c2c[nH]c3ccccc23)C(=O)N(C)C1=O. The van der Waals surface area contributed by atoms with E-state index >= 15 is 0 Å². The van der Waals surface area contributed by atoms with E-state index in [2.05, 4.69) is 25.8 Å². The first-order chi connectivity index (χ1) is 15.0. The van der Waals surface area contributed by atoms with E-state index in [0.717, 1.165) is 73.5 Å². The van der Waals surface area contributed by atoms with Crippen LogP contribution in [-0.2, 0) is 9.59 Å². The number of nitrogens with one attached hydrogen (secondary N) is 1. The number of H-pyrrole nitrogens is 1. The molecule has 1 aliphatic heterocycles. The molecule has 1 aliphatic rings. The highest BCUT2D eigenvalue weighted by Gasteiger charge is 2.38. The van der Waals surface area contributed by atoms with Crippen LogP contribution in [0.3, 0.4) is 0 Å². The summed E-state index contributed by atoms with van der Waals surface area (Å²) in [6.07, 6.45) is 11.8. The van der Waals surface area contributed by atoms with E-state index in [1.54, 1.807) is 7.05 Å². The maximum atomic E-state index is 13.2. The molecule has 3 rings (SSSR count). The summed E-state index contributed by atoms with van der Waals surface area (Å²) in [5.74, 6) is -0.493. The quantitative estimate of drug-likeness (QED) is 0.320. The van der Waals surface area contributed by atoms with E-state index in [1.807, 2.05) is 30.5 Å². The summed E-state index contributed by atoms with van der Waals surface area (Å²) in [5, 5.41) is 0.959. The fourth-order valence-corrected chi connectivity index (χ4v) is 8.59. The van der Waals surface area contributed by atoms with Crippen LogP contribution in [0.1, 0.15) is 64.9 Å². The average molecular weight is 442 g/mol. The number of likely N-dealkylation sites (N-methyl/N-ethyl adjacent to an activating group) is 1. The molecular weight excluding hydrogens is 405 g/mol. The van der Waals surface area contributed by atoms with E-state index in [1.165, 1.54) is 4.90 Å². The second-order valence-electron chi connectivity index (χ2n) is 8.57. The minimum absolute atomic E-state index is 0.243. The van der Waals surface area contributed by atoms with Crippen molar-refractivity contribution in [3.63, 3.8) is 0 Å². The number of amides is 2. The molecule has 0 aliphatic carbocycles. The van der Waals surface area contributed by atoms with Gasteiger partial charge in [-0.2, -0.15) is 0 Å². The molecule has 2 amide bonds. The number of para-hydroxylation sites is 1. The van der Waals surface area contributed by atoms with Gasteiger partial charge in [-0.15, -0.1) is 0 Å². The summed E-state index contributed by atoms with van der Waals surface area (Å²) in [7, 11) is -0.152. The normalized spacial score (nSPS) is 14.9. The Bertz CT molecular complexity index is 1010. The summed E-state index contributed by atoms with van der Waals surface area (Å²) in [6, 6.07) is 7.91. The molecule has 0 spiro atoms. The first-order valence-electron chi connectivity index (χ1n) is 11.7. The first kappa shape index (κ1) is 23.5. The van der Waals surface area contributed by atoms with Gasteiger partial charge in [0.25, 0.3) is 11.8 Å². The van der Waals surface area contributed by atoms with Gasteiger partial charge >= 0.3 is 0 Å². The number of hydrogen-bond donors (Lipinski definition) is 1. The Labute approximate surface area is 186 Å². The molecule has 2 aromatic rings. The maximum Gasteiger partial charge on any atom is 0.279 e. The van der Waals surface area contributed by atoms with Crippen LogP contribution in [0.4, 0.5) is 0 Å². The van der Waals surface area contributed by atoms with Crippen molar-refractivity contribution in [1.29, 1.82) is 0 Å². The van der Waals surface area contributed by atoms with Crippen LogP contribution in [0.25, 0.3) is 16.5 Å². The predicted octanol–water partition coefficient (Wildman–Crippen LogP) is 6.48. The number of benzene rings is 1. The van der Waals surface area contributed by atoms with Gasteiger partial charge < -0.3 is 4.98 Å². The minimum Gasteiger partial charge on any atom is -0.361 e. The van der Waals surface area contributed by atoms with E-state index in [4.69, 9.17) is 4.74 Å². The van der Waals surface area contributed by atoms with Gasteiger partial charge in [-0.25, -0.2) is 0 Å². The largest absolute Gasteiger partial charge is 0.361 e. The number of carbonyl (C=O) groups is 2. The zero-order valence-corrected chi connectivity index (χ0v) is 20.3. The molecule has 1 N–H and O–H groups in total. The summed E-state index contributed by atoms with van der Waals surface area (Å²) in [6.45, 7) is 6.63.